The first kappa shape index (κ1) is 78.0. The van der Waals surface area contributed by atoms with Gasteiger partial charge in [0.05, 0.1) is 0 Å². The molecule has 0 rings (SSSR count). The number of nitrogens with two attached hydrogens (primary N) is 3. The van der Waals surface area contributed by atoms with Gasteiger partial charge in [-0.1, -0.05) is 56.0 Å². The molecule has 10 N–H and O–H groups in total. The molecule has 21 nitrogen and oxygen atoms in total. The molecule has 78 heavy (non-hydrogen) atoms. The van der Waals surface area contributed by atoms with Crippen LogP contribution in [0.5, 0.6) is 0 Å². The van der Waals surface area contributed by atoms with Crippen LogP contribution in [0.4, 0.5) is 0 Å². The number of nitrogens with one attached hydrogen (secondary N) is 3. The molecule has 0 aromatic heterocycles. The summed E-state index contributed by atoms with van der Waals surface area (Å²) in [5.74, 6) is -1.63. The number of nitrogens with zero attached hydrogens (tertiary/aromatic N) is 6. The first-order chi connectivity index (χ1) is 37.0. The summed E-state index contributed by atoms with van der Waals surface area (Å²) in [5.41, 5.74) is 16.1. The summed E-state index contributed by atoms with van der Waals surface area (Å²) < 4.78 is 0. The predicted octanol–water partition coefficient (Wildman–Crippen LogP) is 2.99. The molecule has 0 radical (unpaired) electrons. The standard InChI is InChI=1S/C39H63N7O6.C11H17NO3.C6H18N4.CH4/c1-7-25-44(26-8-2)37(50)19-13-16-34(47)40-22-31-43(32-23-41-35(48)17-14-20-38(51)45(27-9-3)28-10-4)33-24-42-36(49)18-15-21-39(52)46(29-11-5)30-12-6;1-3-8-12(9-4-2)10(13)6-5-7-11(14)15;7-1-4-10(5-2-8)6-3-9;/h7-12H,1-6,13-33H2,(H,40,47)(H,41,48)(H,42,49);3-4H,1-2,5-9H2,(H,14,15);1-9H2;1H4. The van der Waals surface area contributed by atoms with E-state index in [1.807, 2.05) is 4.90 Å². The molecule has 21 heteroatoms. The monoisotopic (exact) mass is 1100 g/mol. The summed E-state index contributed by atoms with van der Waals surface area (Å²) in [7, 11) is 0. The van der Waals surface area contributed by atoms with Crippen LogP contribution in [-0.4, -0.2) is 213 Å². The zero-order valence-electron chi connectivity index (χ0n) is 46.5. The second-order valence-electron chi connectivity index (χ2n) is 17.4. The van der Waals surface area contributed by atoms with Crippen LogP contribution >= 0.6 is 0 Å². The third-order valence-corrected chi connectivity index (χ3v) is 11.0. The highest BCUT2D eigenvalue weighted by molar-refractivity contribution is 5.81. The SMILES string of the molecule is C.C=CCN(CC=C)C(=O)CCCC(=O)NCCN(CCNC(=O)CCCC(=O)N(CC=C)CC=C)CCNC(=O)CCCC(=O)N(CC=C)CC=C.C=CCN(CC=C)C(=O)CCCC(=O)O.NCCN(CCN)CCN. The fraction of sp³-hybridized carbons (Fsp3) is 0.579. The third kappa shape index (κ3) is 45.7. The van der Waals surface area contributed by atoms with Crippen LogP contribution in [0, 0.1) is 0 Å². The van der Waals surface area contributed by atoms with Crippen molar-refractivity contribution in [1.29, 1.82) is 0 Å². The summed E-state index contributed by atoms with van der Waals surface area (Å²) >= 11 is 0. The Balaban J connectivity index is -0.000000857. The lowest BCUT2D eigenvalue weighted by Crippen LogP contribution is -2.43. The van der Waals surface area contributed by atoms with Crippen molar-refractivity contribution in [2.45, 2.75) is 84.5 Å². The molecule has 0 aliphatic carbocycles. The topological polar surface area (TPSA) is 290 Å². The molecule has 0 aliphatic rings. The first-order valence-corrected chi connectivity index (χ1v) is 26.6. The Labute approximate surface area is 468 Å². The molecular formula is C57H102N12O9. The Morgan fingerprint density at radius 1 is 0.346 bits per heavy atom. The Hall–Kier alpha value is -6.52. The molecule has 0 aromatic carbocycles. The van der Waals surface area contributed by atoms with E-state index in [-0.39, 0.29) is 100 Å². The maximum absolute atomic E-state index is 12.5. The summed E-state index contributed by atoms with van der Waals surface area (Å²) in [6.45, 7) is 39.7. The molecule has 0 saturated heterocycles. The predicted molar refractivity (Wildman–Crippen MR) is 317 cm³/mol. The average molecular weight is 1100 g/mol. The fourth-order valence-electron chi connectivity index (χ4n) is 7.13. The van der Waals surface area contributed by atoms with Crippen molar-refractivity contribution in [3.63, 3.8) is 0 Å². The summed E-state index contributed by atoms with van der Waals surface area (Å²) in [4.78, 5) is 107. The Kier molecular flexibility index (Phi) is 55.2. The number of carboxylic acids is 1. The van der Waals surface area contributed by atoms with Crippen molar-refractivity contribution < 1.29 is 43.5 Å². The van der Waals surface area contributed by atoms with E-state index in [9.17, 15) is 38.4 Å². The highest BCUT2D eigenvalue weighted by Gasteiger charge is 2.16. The molecule has 0 spiro atoms. The van der Waals surface area contributed by atoms with Crippen LogP contribution in [0.3, 0.4) is 0 Å². The van der Waals surface area contributed by atoms with Gasteiger partial charge in [-0.15, -0.1) is 52.6 Å². The molecule has 0 aliphatic heterocycles. The largest absolute Gasteiger partial charge is 0.481 e. The van der Waals surface area contributed by atoms with Crippen molar-refractivity contribution >= 4 is 47.3 Å². The lowest BCUT2D eigenvalue weighted by molar-refractivity contribution is -0.138. The van der Waals surface area contributed by atoms with E-state index in [1.54, 1.807) is 68.2 Å². The van der Waals surface area contributed by atoms with Crippen LogP contribution in [0.1, 0.15) is 84.5 Å². The van der Waals surface area contributed by atoms with Crippen LogP contribution in [-0.2, 0) is 38.4 Å². The molecule has 0 aromatic rings. The minimum Gasteiger partial charge on any atom is -0.481 e. The van der Waals surface area contributed by atoms with E-state index in [0.29, 0.717) is 137 Å². The lowest BCUT2D eigenvalue weighted by Gasteiger charge is -2.23. The van der Waals surface area contributed by atoms with Gasteiger partial charge in [0, 0.05) is 182 Å². The smallest absolute Gasteiger partial charge is 0.303 e. The fourth-order valence-corrected chi connectivity index (χ4v) is 7.13. The molecule has 0 atom stereocenters. The van der Waals surface area contributed by atoms with Gasteiger partial charge in [0.25, 0.3) is 0 Å². The van der Waals surface area contributed by atoms with Gasteiger partial charge < -0.3 is 57.9 Å². The van der Waals surface area contributed by atoms with E-state index in [4.69, 9.17) is 22.3 Å². The van der Waals surface area contributed by atoms with Crippen LogP contribution < -0.4 is 33.2 Å². The minimum atomic E-state index is -0.873. The summed E-state index contributed by atoms with van der Waals surface area (Å²) in [5, 5.41) is 17.1. The van der Waals surface area contributed by atoms with Gasteiger partial charge in [-0.05, 0) is 25.7 Å². The lowest BCUT2D eigenvalue weighted by atomic mass is 10.2. The van der Waals surface area contributed by atoms with E-state index in [1.165, 1.54) is 0 Å². The first-order valence-electron chi connectivity index (χ1n) is 26.6. The van der Waals surface area contributed by atoms with Crippen LogP contribution in [0.15, 0.2) is 101 Å². The second-order valence-corrected chi connectivity index (χ2v) is 17.4. The van der Waals surface area contributed by atoms with Crippen molar-refractivity contribution in [3.8, 4) is 0 Å². The van der Waals surface area contributed by atoms with Gasteiger partial charge in [0.15, 0.2) is 0 Å². The van der Waals surface area contributed by atoms with E-state index in [2.05, 4.69) is 73.5 Å². The Morgan fingerprint density at radius 2 is 0.551 bits per heavy atom. The molecular weight excluding hydrogens is 997 g/mol. The van der Waals surface area contributed by atoms with E-state index < -0.39 is 5.97 Å². The van der Waals surface area contributed by atoms with Gasteiger partial charge in [-0.2, -0.15) is 0 Å². The Morgan fingerprint density at radius 3 is 0.744 bits per heavy atom. The van der Waals surface area contributed by atoms with Crippen molar-refractivity contribution in [1.82, 2.24) is 45.3 Å². The number of carboxylic acid groups (broad SMARTS) is 1. The zero-order chi connectivity index (χ0) is 58.5. The van der Waals surface area contributed by atoms with Crippen LogP contribution in [0.25, 0.3) is 0 Å². The molecule has 0 fully saturated rings. The second kappa shape index (κ2) is 55.2. The maximum atomic E-state index is 12.5. The van der Waals surface area contributed by atoms with Gasteiger partial charge in [0.1, 0.15) is 0 Å². The van der Waals surface area contributed by atoms with E-state index >= 15 is 0 Å². The van der Waals surface area contributed by atoms with Crippen LogP contribution in [0.2, 0.25) is 0 Å². The zero-order valence-corrected chi connectivity index (χ0v) is 46.5. The highest BCUT2D eigenvalue weighted by Crippen LogP contribution is 2.06. The highest BCUT2D eigenvalue weighted by atomic mass is 16.4. The van der Waals surface area contributed by atoms with Crippen molar-refractivity contribution in [2.75, 3.05) is 131 Å². The molecule has 444 valence electrons. The molecule has 0 heterocycles. The van der Waals surface area contributed by atoms with Gasteiger partial charge in [-0.3, -0.25) is 48.2 Å². The summed E-state index contributed by atoms with van der Waals surface area (Å²) in [6, 6.07) is 0. The molecule has 0 unspecified atom stereocenters. The quantitative estimate of drug-likeness (QED) is 0.0432. The number of carbonyl (C=O) groups excluding carboxylic acids is 7. The number of hydrogen-bond acceptors (Lipinski definition) is 13. The van der Waals surface area contributed by atoms with E-state index in [0.717, 1.165) is 19.6 Å². The maximum Gasteiger partial charge on any atom is 0.303 e. The minimum absolute atomic E-state index is 0. The third-order valence-electron chi connectivity index (χ3n) is 11.0. The van der Waals surface area contributed by atoms with Gasteiger partial charge >= 0.3 is 5.97 Å². The Bertz CT molecular complexity index is 1580. The van der Waals surface area contributed by atoms with Gasteiger partial charge in [0.2, 0.25) is 41.4 Å². The number of aliphatic carboxylic acids is 1. The van der Waals surface area contributed by atoms with Gasteiger partial charge in [-0.25, -0.2) is 0 Å². The normalized spacial score (nSPS) is 10.1. The van der Waals surface area contributed by atoms with Crippen molar-refractivity contribution in [2.24, 2.45) is 17.2 Å². The number of carbonyl (C=O) groups is 8. The number of hydrogen-bond donors (Lipinski definition) is 7. The number of amides is 7. The molecule has 0 saturated carbocycles. The summed E-state index contributed by atoms with van der Waals surface area (Å²) in [6.07, 6.45) is 16.4. The average Bonchev–Trinajstić information content (AvgIpc) is 3.38. The molecule has 0 bridgehead atoms. The van der Waals surface area contributed by atoms with Crippen molar-refractivity contribution in [3.05, 3.63) is 101 Å². The molecule has 7 amide bonds. The number of rotatable bonds is 47.